The van der Waals surface area contributed by atoms with Crippen LogP contribution >= 0.6 is 0 Å². The van der Waals surface area contributed by atoms with E-state index in [-0.39, 0.29) is 12.2 Å². The summed E-state index contributed by atoms with van der Waals surface area (Å²) in [4.78, 5) is 21.7. The molecule has 3 rings (SSSR count). The Morgan fingerprint density at radius 1 is 1.27 bits per heavy atom. The van der Waals surface area contributed by atoms with Crippen LogP contribution in [0.1, 0.15) is 12.1 Å². The second-order valence-corrected chi connectivity index (χ2v) is 5.07. The van der Waals surface area contributed by atoms with E-state index in [9.17, 15) is 13.6 Å². The molecule has 1 unspecified atom stereocenters. The summed E-state index contributed by atoms with van der Waals surface area (Å²) in [5, 5.41) is 2.91. The van der Waals surface area contributed by atoms with Crippen LogP contribution in [0.25, 0.3) is 0 Å². The lowest BCUT2D eigenvalue weighted by Gasteiger charge is -2.18. The molecule has 22 heavy (non-hydrogen) atoms. The van der Waals surface area contributed by atoms with E-state index < -0.39 is 23.6 Å². The molecule has 0 spiro atoms. The maximum atomic E-state index is 13.8. The number of halogens is 2. The molecule has 1 saturated heterocycles. The molecule has 0 saturated carbocycles. The molecule has 7 heteroatoms. The number of nitrogens with one attached hydrogen (secondary N) is 1. The Hall–Kier alpha value is -2.57. The molecule has 1 aliphatic rings. The predicted molar refractivity (Wildman–Crippen MR) is 77.5 cm³/mol. The number of carbonyl (C=O) groups is 1. The molecule has 0 bridgehead atoms. The molecule has 1 aliphatic heterocycles. The van der Waals surface area contributed by atoms with Crippen LogP contribution < -0.4 is 10.2 Å². The summed E-state index contributed by atoms with van der Waals surface area (Å²) in [6, 6.07) is 4.68. The molecule has 1 fully saturated rings. The van der Waals surface area contributed by atoms with Crippen LogP contribution in [-0.4, -0.2) is 28.5 Å². The van der Waals surface area contributed by atoms with Crippen molar-refractivity contribution in [2.24, 2.45) is 0 Å². The molecule has 5 nitrogen and oxygen atoms in total. The van der Waals surface area contributed by atoms with Gasteiger partial charge >= 0.3 is 0 Å². The highest BCUT2D eigenvalue weighted by Gasteiger charge is 2.35. The second-order valence-electron chi connectivity index (χ2n) is 5.07. The van der Waals surface area contributed by atoms with E-state index in [1.54, 1.807) is 12.3 Å². The average Bonchev–Trinajstić information content (AvgIpc) is 2.81. The molecular formula is C15H14F2N4O. The standard InChI is InChI=1S/C15H14F2N4O/c1-9-5-7-18-15(19-9)20-12-6-8-21(14(12)22)13-10(16)3-2-4-11(13)17/h2-5,7,12H,6,8H2,1H3,(H,18,19,20). The van der Waals surface area contributed by atoms with Gasteiger partial charge in [0.25, 0.3) is 0 Å². The molecular weight excluding hydrogens is 290 g/mol. The Morgan fingerprint density at radius 2 is 2.00 bits per heavy atom. The molecule has 1 atom stereocenters. The van der Waals surface area contributed by atoms with E-state index in [1.807, 2.05) is 6.92 Å². The summed E-state index contributed by atoms with van der Waals surface area (Å²) in [5.74, 6) is -1.56. The first-order valence-electron chi connectivity index (χ1n) is 6.88. The number of aryl methyl sites for hydroxylation is 1. The predicted octanol–water partition coefficient (Wildman–Crippen LogP) is 2.28. The highest BCUT2D eigenvalue weighted by atomic mass is 19.1. The zero-order valence-corrected chi connectivity index (χ0v) is 11.9. The summed E-state index contributed by atoms with van der Waals surface area (Å²) < 4.78 is 27.6. The highest BCUT2D eigenvalue weighted by molar-refractivity contribution is 6.01. The Balaban J connectivity index is 1.81. The van der Waals surface area contributed by atoms with Crippen LogP contribution in [-0.2, 0) is 4.79 Å². The number of amides is 1. The van der Waals surface area contributed by atoms with Crippen molar-refractivity contribution in [2.45, 2.75) is 19.4 Å². The third kappa shape index (κ3) is 2.61. The zero-order valence-electron chi connectivity index (χ0n) is 11.9. The summed E-state index contributed by atoms with van der Waals surface area (Å²) in [5.41, 5.74) is 0.460. The van der Waals surface area contributed by atoms with Crippen molar-refractivity contribution in [3.63, 3.8) is 0 Å². The van der Waals surface area contributed by atoms with Gasteiger partial charge in [-0.25, -0.2) is 18.7 Å². The van der Waals surface area contributed by atoms with Gasteiger partial charge in [-0.2, -0.15) is 0 Å². The normalized spacial score (nSPS) is 17.9. The molecule has 1 aromatic heterocycles. The van der Waals surface area contributed by atoms with Gasteiger partial charge in [0.1, 0.15) is 23.4 Å². The number of para-hydroxylation sites is 1. The number of hydrogen-bond acceptors (Lipinski definition) is 4. The molecule has 2 aromatic rings. The van der Waals surface area contributed by atoms with Gasteiger partial charge in [0.15, 0.2) is 0 Å². The van der Waals surface area contributed by atoms with Gasteiger partial charge in [-0.05, 0) is 31.5 Å². The molecule has 1 N–H and O–H groups in total. The monoisotopic (exact) mass is 304 g/mol. The number of benzene rings is 1. The average molecular weight is 304 g/mol. The van der Waals surface area contributed by atoms with E-state index in [1.165, 1.54) is 6.07 Å². The third-order valence-corrected chi connectivity index (χ3v) is 3.51. The number of hydrogen-bond donors (Lipinski definition) is 1. The van der Waals surface area contributed by atoms with Gasteiger partial charge in [-0.3, -0.25) is 4.79 Å². The number of nitrogens with zero attached hydrogens (tertiary/aromatic N) is 3. The lowest BCUT2D eigenvalue weighted by atomic mass is 10.2. The summed E-state index contributed by atoms with van der Waals surface area (Å²) in [6.07, 6.45) is 2.00. The molecule has 114 valence electrons. The number of aromatic nitrogens is 2. The summed E-state index contributed by atoms with van der Waals surface area (Å²) in [7, 11) is 0. The van der Waals surface area contributed by atoms with Gasteiger partial charge in [0, 0.05) is 18.4 Å². The SMILES string of the molecule is Cc1ccnc(NC2CCN(c3c(F)cccc3F)C2=O)n1. The van der Waals surface area contributed by atoms with Crippen LogP contribution in [0.3, 0.4) is 0 Å². The van der Waals surface area contributed by atoms with Gasteiger partial charge in [-0.15, -0.1) is 0 Å². The van der Waals surface area contributed by atoms with E-state index in [4.69, 9.17) is 0 Å². The van der Waals surface area contributed by atoms with Gasteiger partial charge in [-0.1, -0.05) is 6.07 Å². The van der Waals surface area contributed by atoms with Crippen LogP contribution in [0.15, 0.2) is 30.5 Å². The van der Waals surface area contributed by atoms with Crippen molar-refractivity contribution in [1.82, 2.24) is 9.97 Å². The zero-order chi connectivity index (χ0) is 15.7. The molecule has 1 aromatic carbocycles. The largest absolute Gasteiger partial charge is 0.342 e. The van der Waals surface area contributed by atoms with Crippen molar-refractivity contribution in [3.8, 4) is 0 Å². The molecule has 1 amide bonds. The van der Waals surface area contributed by atoms with Crippen molar-refractivity contribution in [3.05, 3.63) is 47.8 Å². The quantitative estimate of drug-likeness (QED) is 0.945. The van der Waals surface area contributed by atoms with E-state index >= 15 is 0 Å². The first-order valence-corrected chi connectivity index (χ1v) is 6.88. The Bertz CT molecular complexity index is 702. The topological polar surface area (TPSA) is 58.1 Å². The van der Waals surface area contributed by atoms with Crippen molar-refractivity contribution >= 4 is 17.5 Å². The maximum absolute atomic E-state index is 13.8. The minimum atomic E-state index is -0.749. The fraction of sp³-hybridized carbons (Fsp3) is 0.267. The first-order chi connectivity index (χ1) is 10.6. The minimum Gasteiger partial charge on any atom is -0.342 e. The van der Waals surface area contributed by atoms with Crippen LogP contribution in [0.2, 0.25) is 0 Å². The third-order valence-electron chi connectivity index (χ3n) is 3.51. The molecule has 0 radical (unpaired) electrons. The van der Waals surface area contributed by atoms with Crippen molar-refractivity contribution in [1.29, 1.82) is 0 Å². The van der Waals surface area contributed by atoms with Crippen molar-refractivity contribution < 1.29 is 13.6 Å². The fourth-order valence-corrected chi connectivity index (χ4v) is 2.46. The smallest absolute Gasteiger partial charge is 0.249 e. The van der Waals surface area contributed by atoms with Crippen LogP contribution in [0.5, 0.6) is 0 Å². The summed E-state index contributed by atoms with van der Waals surface area (Å²) >= 11 is 0. The number of rotatable bonds is 3. The Labute approximate surface area is 126 Å². The minimum absolute atomic E-state index is 0.236. The lowest BCUT2D eigenvalue weighted by molar-refractivity contribution is -0.117. The fourth-order valence-electron chi connectivity index (χ4n) is 2.46. The van der Waals surface area contributed by atoms with E-state index in [0.29, 0.717) is 12.4 Å². The van der Waals surface area contributed by atoms with Crippen LogP contribution in [0.4, 0.5) is 20.4 Å². The van der Waals surface area contributed by atoms with Gasteiger partial charge < -0.3 is 10.2 Å². The lowest BCUT2D eigenvalue weighted by Crippen LogP contribution is -2.34. The Morgan fingerprint density at radius 3 is 2.68 bits per heavy atom. The van der Waals surface area contributed by atoms with E-state index in [0.717, 1.165) is 22.7 Å². The second kappa shape index (κ2) is 5.67. The summed E-state index contributed by atoms with van der Waals surface area (Å²) in [6.45, 7) is 2.05. The molecule has 2 heterocycles. The van der Waals surface area contributed by atoms with Gasteiger partial charge in [0.2, 0.25) is 11.9 Å². The number of carbonyl (C=O) groups excluding carboxylic acids is 1. The molecule has 0 aliphatic carbocycles. The van der Waals surface area contributed by atoms with Gasteiger partial charge in [0.05, 0.1) is 0 Å². The Kier molecular flexibility index (Phi) is 3.70. The highest BCUT2D eigenvalue weighted by Crippen LogP contribution is 2.28. The van der Waals surface area contributed by atoms with Crippen LogP contribution in [0, 0.1) is 18.6 Å². The first kappa shape index (κ1) is 14.4. The van der Waals surface area contributed by atoms with E-state index in [2.05, 4.69) is 15.3 Å². The van der Waals surface area contributed by atoms with Crippen molar-refractivity contribution in [2.75, 3.05) is 16.8 Å². The maximum Gasteiger partial charge on any atom is 0.249 e. The number of anilines is 2.